The Morgan fingerprint density at radius 3 is 2.40 bits per heavy atom. The van der Waals surface area contributed by atoms with Crippen LogP contribution >= 0.6 is 11.3 Å². The van der Waals surface area contributed by atoms with E-state index in [0.717, 1.165) is 18.7 Å². The molecule has 25 heavy (non-hydrogen) atoms. The lowest BCUT2D eigenvalue weighted by Crippen LogP contribution is -2.44. The van der Waals surface area contributed by atoms with Gasteiger partial charge < -0.3 is 10.2 Å². The van der Waals surface area contributed by atoms with Crippen molar-refractivity contribution in [2.24, 2.45) is 5.41 Å². The van der Waals surface area contributed by atoms with E-state index in [9.17, 15) is 4.79 Å². The monoisotopic (exact) mass is 358 g/mol. The van der Waals surface area contributed by atoms with Gasteiger partial charge in [-0.3, -0.25) is 4.79 Å². The smallest absolute Gasteiger partial charge is 0.232 e. The number of carbonyl (C=O) groups is 1. The Kier molecular flexibility index (Phi) is 6.79. The number of aryl methyl sites for hydroxylation is 1. The van der Waals surface area contributed by atoms with Crippen molar-refractivity contribution in [3.63, 3.8) is 0 Å². The first-order valence-corrected chi connectivity index (χ1v) is 9.87. The maximum absolute atomic E-state index is 13.1. The summed E-state index contributed by atoms with van der Waals surface area (Å²) < 4.78 is 0. The van der Waals surface area contributed by atoms with Crippen LogP contribution < -0.4 is 10.2 Å². The summed E-state index contributed by atoms with van der Waals surface area (Å²) in [5, 5.41) is 5.76. The van der Waals surface area contributed by atoms with E-state index >= 15 is 0 Å². The quantitative estimate of drug-likeness (QED) is 0.740. The third-order valence-electron chi connectivity index (χ3n) is 4.18. The second-order valence-electron chi connectivity index (χ2n) is 7.48. The van der Waals surface area contributed by atoms with Crippen molar-refractivity contribution in [1.29, 1.82) is 0 Å². The Bertz CT molecular complexity index is 673. The van der Waals surface area contributed by atoms with Crippen LogP contribution in [-0.4, -0.2) is 19.0 Å². The number of carbonyl (C=O) groups excluding carboxylic acids is 1. The molecule has 2 aromatic rings. The number of amides is 1. The van der Waals surface area contributed by atoms with E-state index in [2.05, 4.69) is 30.6 Å². The minimum atomic E-state index is -0.421. The minimum absolute atomic E-state index is 0.145. The predicted molar refractivity (Wildman–Crippen MR) is 108 cm³/mol. The van der Waals surface area contributed by atoms with Crippen molar-refractivity contribution in [3.05, 3.63) is 52.2 Å². The van der Waals surface area contributed by atoms with Gasteiger partial charge in [0.2, 0.25) is 5.91 Å². The summed E-state index contributed by atoms with van der Waals surface area (Å²) >= 11 is 1.76. The van der Waals surface area contributed by atoms with E-state index in [1.165, 1.54) is 10.4 Å². The Morgan fingerprint density at radius 2 is 1.88 bits per heavy atom. The summed E-state index contributed by atoms with van der Waals surface area (Å²) in [7, 11) is 0. The number of nitrogens with one attached hydrogen (secondary N) is 1. The highest BCUT2D eigenvalue weighted by Crippen LogP contribution is 2.29. The second-order valence-corrected chi connectivity index (χ2v) is 8.42. The first kappa shape index (κ1) is 19.7. The van der Waals surface area contributed by atoms with Gasteiger partial charge in [-0.1, -0.05) is 45.9 Å². The second kappa shape index (κ2) is 8.63. The maximum Gasteiger partial charge on any atom is 0.232 e. The standard InChI is InChI=1S/C21H30N2OS/c1-6-13-22-18(19-16(2)12-14-25-19)15-23(20(24)21(3,4)5)17-10-8-7-9-11-17/h7-12,14,18,22H,6,13,15H2,1-5H3. The molecule has 1 amide bonds. The summed E-state index contributed by atoms with van der Waals surface area (Å²) in [4.78, 5) is 16.4. The summed E-state index contributed by atoms with van der Waals surface area (Å²) in [6, 6.07) is 12.3. The molecule has 2 rings (SSSR count). The van der Waals surface area contributed by atoms with Crippen molar-refractivity contribution in [2.45, 2.75) is 47.1 Å². The van der Waals surface area contributed by atoms with Gasteiger partial charge in [0.25, 0.3) is 0 Å². The molecule has 0 radical (unpaired) electrons. The average molecular weight is 359 g/mol. The van der Waals surface area contributed by atoms with Crippen LogP contribution in [0, 0.1) is 12.3 Å². The predicted octanol–water partition coefficient (Wildman–Crippen LogP) is 5.18. The van der Waals surface area contributed by atoms with Gasteiger partial charge in [-0.2, -0.15) is 0 Å². The number of rotatable bonds is 7. The number of hydrogen-bond donors (Lipinski definition) is 1. The van der Waals surface area contributed by atoms with Crippen LogP contribution in [0.3, 0.4) is 0 Å². The van der Waals surface area contributed by atoms with E-state index in [0.29, 0.717) is 6.54 Å². The molecule has 3 nitrogen and oxygen atoms in total. The van der Waals surface area contributed by atoms with Crippen molar-refractivity contribution < 1.29 is 4.79 Å². The topological polar surface area (TPSA) is 32.3 Å². The summed E-state index contributed by atoms with van der Waals surface area (Å²) in [5.41, 5.74) is 1.82. The molecule has 4 heteroatoms. The highest BCUT2D eigenvalue weighted by Gasteiger charge is 2.30. The molecule has 0 bridgehead atoms. The van der Waals surface area contributed by atoms with E-state index in [-0.39, 0.29) is 11.9 Å². The molecule has 1 aromatic heterocycles. The van der Waals surface area contributed by atoms with Crippen LogP contribution in [0.4, 0.5) is 5.69 Å². The number of hydrogen-bond acceptors (Lipinski definition) is 3. The van der Waals surface area contributed by atoms with E-state index < -0.39 is 5.41 Å². The third-order valence-corrected chi connectivity index (χ3v) is 5.31. The van der Waals surface area contributed by atoms with Crippen LogP contribution in [0.5, 0.6) is 0 Å². The van der Waals surface area contributed by atoms with E-state index in [1.807, 2.05) is 56.0 Å². The van der Waals surface area contributed by atoms with Crippen LogP contribution in [-0.2, 0) is 4.79 Å². The summed E-state index contributed by atoms with van der Waals surface area (Å²) in [6.07, 6.45) is 1.07. The van der Waals surface area contributed by atoms with Gasteiger partial charge in [0, 0.05) is 22.5 Å². The van der Waals surface area contributed by atoms with E-state index in [1.54, 1.807) is 11.3 Å². The molecular weight excluding hydrogens is 328 g/mol. The molecular formula is C21H30N2OS. The molecule has 1 N–H and O–H groups in total. The van der Waals surface area contributed by atoms with Gasteiger partial charge in [0.15, 0.2) is 0 Å². The van der Waals surface area contributed by atoms with Crippen molar-refractivity contribution in [2.75, 3.05) is 18.0 Å². The van der Waals surface area contributed by atoms with Gasteiger partial charge in [0.1, 0.15) is 0 Å². The van der Waals surface area contributed by atoms with Gasteiger partial charge in [-0.05, 0) is 49.0 Å². The number of thiophene rings is 1. The highest BCUT2D eigenvalue weighted by molar-refractivity contribution is 7.10. The molecule has 136 valence electrons. The Balaban J connectivity index is 2.35. The Hall–Kier alpha value is -1.65. The molecule has 0 aliphatic rings. The first-order valence-electron chi connectivity index (χ1n) is 8.99. The number of anilines is 1. The zero-order valence-electron chi connectivity index (χ0n) is 16.0. The lowest BCUT2D eigenvalue weighted by Gasteiger charge is -2.33. The molecule has 0 aliphatic carbocycles. The largest absolute Gasteiger partial charge is 0.310 e. The third kappa shape index (κ3) is 5.16. The van der Waals surface area contributed by atoms with Crippen molar-refractivity contribution >= 4 is 22.9 Å². The average Bonchev–Trinajstić information content (AvgIpc) is 3.00. The van der Waals surface area contributed by atoms with Crippen molar-refractivity contribution in [1.82, 2.24) is 5.32 Å². The SMILES string of the molecule is CCCNC(CN(C(=O)C(C)(C)C)c1ccccc1)c1sccc1C. The minimum Gasteiger partial charge on any atom is -0.310 e. The molecule has 0 saturated heterocycles. The van der Waals surface area contributed by atoms with E-state index in [4.69, 9.17) is 0 Å². The fourth-order valence-corrected chi connectivity index (χ4v) is 3.80. The molecule has 0 aliphatic heterocycles. The van der Waals surface area contributed by atoms with Crippen LogP contribution in [0.25, 0.3) is 0 Å². The van der Waals surface area contributed by atoms with Gasteiger partial charge in [-0.25, -0.2) is 0 Å². The van der Waals surface area contributed by atoms with Crippen molar-refractivity contribution in [3.8, 4) is 0 Å². The lowest BCUT2D eigenvalue weighted by molar-refractivity contribution is -0.125. The molecule has 1 atom stereocenters. The Labute approximate surface area is 156 Å². The lowest BCUT2D eigenvalue weighted by atomic mass is 9.94. The molecule has 0 fully saturated rings. The fourth-order valence-electron chi connectivity index (χ4n) is 2.80. The number of para-hydroxylation sites is 1. The normalized spacial score (nSPS) is 12.8. The molecule has 1 unspecified atom stereocenters. The zero-order chi connectivity index (χ0) is 18.4. The fraction of sp³-hybridized carbons (Fsp3) is 0.476. The zero-order valence-corrected chi connectivity index (χ0v) is 16.8. The first-order chi connectivity index (χ1) is 11.8. The van der Waals surface area contributed by atoms with Gasteiger partial charge in [0.05, 0.1) is 6.04 Å². The summed E-state index contributed by atoms with van der Waals surface area (Å²) in [5.74, 6) is 0.149. The molecule has 1 heterocycles. The number of nitrogens with zero attached hydrogens (tertiary/aromatic N) is 1. The Morgan fingerprint density at radius 1 is 1.20 bits per heavy atom. The highest BCUT2D eigenvalue weighted by atomic mass is 32.1. The van der Waals surface area contributed by atoms with Crippen LogP contribution in [0.15, 0.2) is 41.8 Å². The van der Waals surface area contributed by atoms with Crippen LogP contribution in [0.1, 0.15) is 50.6 Å². The molecule has 0 spiro atoms. The summed E-state index contributed by atoms with van der Waals surface area (Å²) in [6.45, 7) is 11.8. The van der Waals surface area contributed by atoms with Gasteiger partial charge >= 0.3 is 0 Å². The van der Waals surface area contributed by atoms with Crippen LogP contribution in [0.2, 0.25) is 0 Å². The molecule has 0 saturated carbocycles. The number of benzene rings is 1. The van der Waals surface area contributed by atoms with Gasteiger partial charge in [-0.15, -0.1) is 11.3 Å². The maximum atomic E-state index is 13.1. The molecule has 1 aromatic carbocycles.